The number of hydrogen-bond donors (Lipinski definition) is 1. The molecule has 0 heterocycles. The number of carbonyl (C=O) groups is 1. The van der Waals surface area contributed by atoms with E-state index in [1.165, 1.54) is 13.0 Å². The Balaban J connectivity index is 2.99. The molecule has 21 heavy (non-hydrogen) atoms. The Morgan fingerprint density at radius 1 is 1.33 bits per heavy atom. The minimum atomic E-state index is -4.40. The van der Waals surface area contributed by atoms with Gasteiger partial charge in [0.05, 0.1) is 11.4 Å². The molecule has 0 fully saturated rings. The summed E-state index contributed by atoms with van der Waals surface area (Å²) in [4.78, 5) is 11.2. The van der Waals surface area contributed by atoms with Crippen LogP contribution in [-0.2, 0) is 9.05 Å². The molecule has 0 aliphatic carbocycles. The van der Waals surface area contributed by atoms with Crippen molar-refractivity contribution in [1.29, 1.82) is 0 Å². The Hall–Kier alpha value is -0.990. The molecule has 0 radical (unpaired) electrons. The molecule has 0 aromatic heterocycles. The van der Waals surface area contributed by atoms with Gasteiger partial charge >= 0.3 is 6.18 Å². The predicted molar refractivity (Wildman–Crippen MR) is 72.2 cm³/mol. The van der Waals surface area contributed by atoms with Crippen LogP contribution in [0.1, 0.15) is 22.3 Å². The van der Waals surface area contributed by atoms with Gasteiger partial charge in [0.1, 0.15) is 4.90 Å². The Morgan fingerprint density at radius 3 is 2.38 bits per heavy atom. The lowest BCUT2D eigenvalue weighted by Gasteiger charge is -2.10. The summed E-state index contributed by atoms with van der Waals surface area (Å²) in [6, 6.07) is 2.18. The lowest BCUT2D eigenvalue weighted by molar-refractivity contribution is -0.132. The molecule has 0 atom stereocenters. The number of amides is 1. The minimum absolute atomic E-state index is 0.140. The molecule has 0 spiro atoms. The van der Waals surface area contributed by atoms with Crippen LogP contribution >= 0.6 is 22.3 Å². The van der Waals surface area contributed by atoms with Crippen LogP contribution in [0.3, 0.4) is 0 Å². The second-order valence-corrected chi connectivity index (χ2v) is 7.08. The van der Waals surface area contributed by atoms with Crippen molar-refractivity contribution in [3.63, 3.8) is 0 Å². The van der Waals surface area contributed by atoms with E-state index in [-0.39, 0.29) is 16.1 Å². The minimum Gasteiger partial charge on any atom is -0.352 e. The first-order valence-electron chi connectivity index (χ1n) is 5.51. The second-order valence-electron chi connectivity index (χ2n) is 4.16. The van der Waals surface area contributed by atoms with Crippen LogP contribution in [0.4, 0.5) is 13.2 Å². The Labute approximate surface area is 128 Å². The quantitative estimate of drug-likeness (QED) is 0.835. The second kappa shape index (κ2) is 6.41. The van der Waals surface area contributed by atoms with E-state index >= 15 is 0 Å². The van der Waals surface area contributed by atoms with E-state index in [0.717, 1.165) is 6.07 Å². The molecule has 0 unspecified atom stereocenters. The molecule has 1 amide bonds. The van der Waals surface area contributed by atoms with Crippen molar-refractivity contribution in [3.8, 4) is 0 Å². The summed E-state index contributed by atoms with van der Waals surface area (Å²) >= 11 is 5.77. The first kappa shape index (κ1) is 18.1. The molecule has 0 aliphatic heterocycles. The van der Waals surface area contributed by atoms with Crippen LogP contribution in [0.5, 0.6) is 0 Å². The van der Waals surface area contributed by atoms with Crippen molar-refractivity contribution in [2.75, 3.05) is 6.54 Å². The first-order chi connectivity index (χ1) is 9.42. The third kappa shape index (κ3) is 5.37. The van der Waals surface area contributed by atoms with Crippen molar-refractivity contribution >= 4 is 37.2 Å². The van der Waals surface area contributed by atoms with Crippen molar-refractivity contribution in [3.05, 3.63) is 28.3 Å². The van der Waals surface area contributed by atoms with Gasteiger partial charge in [-0.25, -0.2) is 8.42 Å². The van der Waals surface area contributed by atoms with Gasteiger partial charge in [0, 0.05) is 22.8 Å². The summed E-state index contributed by atoms with van der Waals surface area (Å²) < 4.78 is 58.6. The zero-order chi connectivity index (χ0) is 16.4. The molecule has 0 saturated carbocycles. The van der Waals surface area contributed by atoms with Gasteiger partial charge < -0.3 is 5.32 Å². The third-order valence-corrected chi connectivity index (χ3v) is 4.40. The zero-order valence-electron chi connectivity index (χ0n) is 10.6. The highest BCUT2D eigenvalue weighted by Crippen LogP contribution is 2.29. The maximum Gasteiger partial charge on any atom is 0.390 e. The molecule has 4 nitrogen and oxygen atoms in total. The van der Waals surface area contributed by atoms with Crippen LogP contribution < -0.4 is 5.32 Å². The molecule has 118 valence electrons. The standard InChI is InChI=1S/C11H10Cl2F3NO3S/c1-6-4-7(5-8(9(6)12)21(13,19)20)10(18)17-3-2-11(14,15)16/h4-5H,2-3H2,1H3,(H,17,18). The Bertz CT molecular complexity index is 659. The zero-order valence-corrected chi connectivity index (χ0v) is 12.9. The molecular weight excluding hydrogens is 354 g/mol. The van der Waals surface area contributed by atoms with Crippen LogP contribution in [0, 0.1) is 6.92 Å². The fourth-order valence-corrected chi connectivity index (χ4v) is 3.01. The predicted octanol–water partition coefficient (Wildman–Crippen LogP) is 3.26. The number of alkyl halides is 3. The lowest BCUT2D eigenvalue weighted by Crippen LogP contribution is -2.28. The highest BCUT2D eigenvalue weighted by molar-refractivity contribution is 8.13. The molecule has 10 heteroatoms. The normalized spacial score (nSPS) is 12.3. The van der Waals surface area contributed by atoms with Crippen molar-refractivity contribution < 1.29 is 26.4 Å². The van der Waals surface area contributed by atoms with Crippen LogP contribution in [-0.4, -0.2) is 27.0 Å². The highest BCUT2D eigenvalue weighted by Gasteiger charge is 2.27. The number of nitrogens with one attached hydrogen (secondary N) is 1. The Kier molecular flexibility index (Phi) is 5.51. The summed E-state index contributed by atoms with van der Waals surface area (Å²) in [7, 11) is 1.01. The van der Waals surface area contributed by atoms with Gasteiger partial charge in [-0.1, -0.05) is 11.6 Å². The molecule has 1 aromatic rings. The van der Waals surface area contributed by atoms with E-state index in [1.54, 1.807) is 0 Å². The maximum absolute atomic E-state index is 12.0. The van der Waals surface area contributed by atoms with Crippen molar-refractivity contribution in [1.82, 2.24) is 5.32 Å². The van der Waals surface area contributed by atoms with Crippen LogP contribution in [0.15, 0.2) is 17.0 Å². The van der Waals surface area contributed by atoms with Gasteiger partial charge in [-0.2, -0.15) is 13.2 Å². The van der Waals surface area contributed by atoms with Gasteiger partial charge in [-0.05, 0) is 24.6 Å². The number of hydrogen-bond acceptors (Lipinski definition) is 3. The fraction of sp³-hybridized carbons (Fsp3) is 0.364. The van der Waals surface area contributed by atoms with E-state index in [0.29, 0.717) is 0 Å². The van der Waals surface area contributed by atoms with Gasteiger partial charge in [-0.3, -0.25) is 4.79 Å². The van der Waals surface area contributed by atoms with Gasteiger partial charge in [0.25, 0.3) is 15.0 Å². The fourth-order valence-electron chi connectivity index (χ4n) is 1.47. The lowest BCUT2D eigenvalue weighted by atomic mass is 10.1. The van der Waals surface area contributed by atoms with E-state index in [1.807, 2.05) is 5.32 Å². The number of aryl methyl sites for hydroxylation is 1. The maximum atomic E-state index is 12.0. The van der Waals surface area contributed by atoms with Crippen LogP contribution in [0.25, 0.3) is 0 Å². The van der Waals surface area contributed by atoms with Gasteiger partial charge in [-0.15, -0.1) is 0 Å². The van der Waals surface area contributed by atoms with E-state index in [2.05, 4.69) is 0 Å². The largest absolute Gasteiger partial charge is 0.390 e. The van der Waals surface area contributed by atoms with Crippen molar-refractivity contribution in [2.45, 2.75) is 24.4 Å². The monoisotopic (exact) mass is 363 g/mol. The van der Waals surface area contributed by atoms with Crippen molar-refractivity contribution in [2.24, 2.45) is 0 Å². The summed E-state index contributed by atoms with van der Waals surface area (Å²) in [5, 5.41) is 1.90. The van der Waals surface area contributed by atoms with E-state index in [4.69, 9.17) is 22.3 Å². The van der Waals surface area contributed by atoms with Gasteiger partial charge in [0.2, 0.25) is 0 Å². The third-order valence-electron chi connectivity index (χ3n) is 2.44. The SMILES string of the molecule is Cc1cc(C(=O)NCCC(F)(F)F)cc(S(=O)(=O)Cl)c1Cl. The molecule has 1 aromatic carbocycles. The number of rotatable bonds is 4. The summed E-state index contributed by atoms with van der Waals surface area (Å²) in [5.41, 5.74) is 0.123. The average molecular weight is 364 g/mol. The number of halogens is 5. The van der Waals surface area contributed by atoms with Crippen LogP contribution in [0.2, 0.25) is 5.02 Å². The molecular formula is C11H10Cl2F3NO3S. The number of carbonyl (C=O) groups excluding carboxylic acids is 1. The smallest absolute Gasteiger partial charge is 0.352 e. The number of benzene rings is 1. The van der Waals surface area contributed by atoms with E-state index in [9.17, 15) is 26.4 Å². The topological polar surface area (TPSA) is 63.2 Å². The highest BCUT2D eigenvalue weighted by atomic mass is 35.7. The summed E-state index contributed by atoms with van der Waals surface area (Å²) in [6.45, 7) is 0.827. The molecule has 1 rings (SSSR count). The molecule has 0 saturated heterocycles. The molecule has 1 N–H and O–H groups in total. The average Bonchev–Trinajstić information content (AvgIpc) is 2.29. The Morgan fingerprint density at radius 2 is 1.90 bits per heavy atom. The van der Waals surface area contributed by atoms with Gasteiger partial charge in [0.15, 0.2) is 0 Å². The summed E-state index contributed by atoms with van der Waals surface area (Å²) in [6.07, 6.45) is -5.58. The first-order valence-corrected chi connectivity index (χ1v) is 8.20. The summed E-state index contributed by atoms with van der Waals surface area (Å²) in [5.74, 6) is -0.847. The van der Waals surface area contributed by atoms with E-state index < -0.39 is 39.0 Å². The molecule has 0 bridgehead atoms. The molecule has 0 aliphatic rings.